The molecule has 1 aliphatic heterocycles. The summed E-state index contributed by atoms with van der Waals surface area (Å²) in [5.41, 5.74) is 3.30. The molecule has 3 rings (SSSR count). The van der Waals surface area contributed by atoms with Gasteiger partial charge in [0.25, 0.3) is 0 Å². The van der Waals surface area contributed by atoms with Gasteiger partial charge in [-0.15, -0.1) is 0 Å². The van der Waals surface area contributed by atoms with Gasteiger partial charge in [-0.3, -0.25) is 9.59 Å². The van der Waals surface area contributed by atoms with Gasteiger partial charge in [0.05, 0.1) is 17.0 Å². The maximum Gasteiger partial charge on any atom is 0.244 e. The van der Waals surface area contributed by atoms with Gasteiger partial charge in [0, 0.05) is 11.4 Å². The van der Waals surface area contributed by atoms with Crippen molar-refractivity contribution in [1.29, 1.82) is 5.26 Å². The Morgan fingerprint density at radius 1 is 1.20 bits per heavy atom. The average Bonchev–Trinajstić information content (AvgIpc) is 2.76. The maximum atomic E-state index is 12.8. The number of nitrogens with one attached hydrogen (secondary N) is 1. The van der Waals surface area contributed by atoms with Crippen LogP contribution in [-0.4, -0.2) is 18.4 Å². The highest BCUT2D eigenvalue weighted by molar-refractivity contribution is 6.11. The van der Waals surface area contributed by atoms with Gasteiger partial charge in [0.2, 0.25) is 11.8 Å². The molecule has 5 nitrogen and oxygen atoms in total. The summed E-state index contributed by atoms with van der Waals surface area (Å²) < 4.78 is 0. The molecule has 126 valence electrons. The Bertz CT molecular complexity index is 892. The second kappa shape index (κ2) is 6.06. The van der Waals surface area contributed by atoms with Crippen LogP contribution < -0.4 is 10.2 Å². The minimum Gasteiger partial charge on any atom is -0.325 e. The molecule has 0 spiro atoms. The first-order valence-electron chi connectivity index (χ1n) is 8.06. The van der Waals surface area contributed by atoms with Gasteiger partial charge in [0.1, 0.15) is 6.54 Å². The Hall–Kier alpha value is -3.13. The van der Waals surface area contributed by atoms with Crippen molar-refractivity contribution < 1.29 is 9.59 Å². The quantitative estimate of drug-likeness (QED) is 0.938. The molecule has 25 heavy (non-hydrogen) atoms. The minimum atomic E-state index is -0.643. The van der Waals surface area contributed by atoms with Crippen molar-refractivity contribution in [2.75, 3.05) is 16.8 Å². The van der Waals surface area contributed by atoms with E-state index in [4.69, 9.17) is 5.26 Å². The van der Waals surface area contributed by atoms with E-state index in [1.165, 1.54) is 4.90 Å². The van der Waals surface area contributed by atoms with Crippen LogP contribution in [0.25, 0.3) is 0 Å². The molecule has 1 heterocycles. The molecule has 0 unspecified atom stereocenters. The summed E-state index contributed by atoms with van der Waals surface area (Å²) in [7, 11) is 0. The number of hydrogen-bond donors (Lipinski definition) is 1. The summed E-state index contributed by atoms with van der Waals surface area (Å²) in [6.45, 7) is 5.71. The van der Waals surface area contributed by atoms with Crippen LogP contribution in [0.5, 0.6) is 0 Å². The van der Waals surface area contributed by atoms with Crippen molar-refractivity contribution in [2.45, 2.75) is 26.2 Å². The lowest BCUT2D eigenvalue weighted by Gasteiger charge is -2.20. The minimum absolute atomic E-state index is 0.0433. The molecule has 0 aliphatic carbocycles. The Morgan fingerprint density at radius 2 is 1.88 bits per heavy atom. The van der Waals surface area contributed by atoms with Crippen LogP contribution in [0.3, 0.4) is 0 Å². The second-order valence-corrected chi connectivity index (χ2v) is 6.77. The number of carbonyl (C=O) groups excluding carboxylic acids is 2. The van der Waals surface area contributed by atoms with E-state index in [0.717, 1.165) is 16.8 Å². The van der Waals surface area contributed by atoms with E-state index in [1.54, 1.807) is 24.3 Å². The molecule has 1 N–H and O–H groups in total. The lowest BCUT2D eigenvalue weighted by atomic mass is 9.85. The fraction of sp³-hybridized carbons (Fsp3) is 0.250. The first-order valence-corrected chi connectivity index (χ1v) is 8.06. The lowest BCUT2D eigenvalue weighted by molar-refractivity contribution is -0.124. The van der Waals surface area contributed by atoms with Crippen LogP contribution in [0.15, 0.2) is 42.5 Å². The highest BCUT2D eigenvalue weighted by Crippen LogP contribution is 2.41. The Balaban J connectivity index is 1.79. The first kappa shape index (κ1) is 16.7. The van der Waals surface area contributed by atoms with Gasteiger partial charge < -0.3 is 10.2 Å². The van der Waals surface area contributed by atoms with Crippen LogP contribution >= 0.6 is 0 Å². The van der Waals surface area contributed by atoms with Crippen LogP contribution in [-0.2, 0) is 15.0 Å². The first-order chi connectivity index (χ1) is 11.8. The topological polar surface area (TPSA) is 73.2 Å². The molecule has 2 aromatic carbocycles. The van der Waals surface area contributed by atoms with E-state index in [0.29, 0.717) is 11.3 Å². The average molecular weight is 333 g/mol. The van der Waals surface area contributed by atoms with Gasteiger partial charge in [-0.05, 0) is 56.7 Å². The third kappa shape index (κ3) is 2.99. The molecular weight excluding hydrogens is 314 g/mol. The number of benzene rings is 2. The van der Waals surface area contributed by atoms with Crippen LogP contribution in [0.2, 0.25) is 0 Å². The highest BCUT2D eigenvalue weighted by Gasteiger charge is 2.44. The number of nitriles is 1. The van der Waals surface area contributed by atoms with Crippen molar-refractivity contribution in [3.8, 4) is 6.07 Å². The van der Waals surface area contributed by atoms with Crippen molar-refractivity contribution >= 4 is 23.2 Å². The summed E-state index contributed by atoms with van der Waals surface area (Å²) in [6.07, 6.45) is 0. The molecule has 0 radical (unpaired) electrons. The summed E-state index contributed by atoms with van der Waals surface area (Å²) >= 11 is 0. The standard InChI is InChI=1S/C20H19N3O2/c1-13-4-9-17-16(10-13)20(2,3)19(25)23(17)12-18(24)22-15-7-5-14(11-21)6-8-15/h4-10H,12H2,1-3H3,(H,22,24). The molecule has 0 atom stereocenters. The van der Waals surface area contributed by atoms with Gasteiger partial charge >= 0.3 is 0 Å². The fourth-order valence-corrected chi connectivity index (χ4v) is 3.08. The molecule has 2 aromatic rings. The third-order valence-corrected chi connectivity index (χ3v) is 4.50. The molecule has 5 heteroatoms. The molecule has 1 aliphatic rings. The number of hydrogen-bond acceptors (Lipinski definition) is 3. The molecule has 0 bridgehead atoms. The molecular formula is C20H19N3O2. The van der Waals surface area contributed by atoms with E-state index in [9.17, 15) is 9.59 Å². The van der Waals surface area contributed by atoms with E-state index >= 15 is 0 Å². The fourth-order valence-electron chi connectivity index (χ4n) is 3.08. The molecule has 0 aromatic heterocycles. The van der Waals surface area contributed by atoms with Crippen molar-refractivity contribution in [1.82, 2.24) is 0 Å². The monoisotopic (exact) mass is 333 g/mol. The van der Waals surface area contributed by atoms with Crippen molar-refractivity contribution in [2.24, 2.45) is 0 Å². The zero-order valence-electron chi connectivity index (χ0n) is 14.5. The normalized spacial score (nSPS) is 14.8. The predicted molar refractivity (Wildman–Crippen MR) is 96.3 cm³/mol. The van der Waals surface area contributed by atoms with Crippen molar-refractivity contribution in [3.63, 3.8) is 0 Å². The van der Waals surface area contributed by atoms with Crippen LogP contribution in [0, 0.1) is 18.3 Å². The number of amides is 2. The molecule has 2 amide bonds. The Morgan fingerprint density at radius 3 is 2.52 bits per heavy atom. The second-order valence-electron chi connectivity index (χ2n) is 6.77. The molecule has 0 fully saturated rings. The Kier molecular flexibility index (Phi) is 4.05. The molecule has 0 saturated heterocycles. The van der Waals surface area contributed by atoms with Gasteiger partial charge in [-0.1, -0.05) is 17.7 Å². The van der Waals surface area contributed by atoms with Crippen LogP contribution in [0.1, 0.15) is 30.5 Å². The van der Waals surface area contributed by atoms with E-state index in [-0.39, 0.29) is 18.4 Å². The third-order valence-electron chi connectivity index (χ3n) is 4.50. The number of rotatable bonds is 3. The summed E-state index contributed by atoms with van der Waals surface area (Å²) in [6, 6.07) is 14.5. The van der Waals surface area contributed by atoms with Crippen molar-refractivity contribution in [3.05, 3.63) is 59.2 Å². The van der Waals surface area contributed by atoms with E-state index < -0.39 is 5.41 Å². The zero-order chi connectivity index (χ0) is 18.2. The van der Waals surface area contributed by atoms with Gasteiger partial charge in [0.15, 0.2) is 0 Å². The summed E-state index contributed by atoms with van der Waals surface area (Å²) in [5.74, 6) is -0.356. The number of fused-ring (bicyclic) bond motifs is 1. The Labute approximate surface area is 146 Å². The smallest absolute Gasteiger partial charge is 0.244 e. The number of carbonyl (C=O) groups is 2. The highest BCUT2D eigenvalue weighted by atomic mass is 16.2. The number of aryl methyl sites for hydroxylation is 1. The van der Waals surface area contributed by atoms with Crippen LogP contribution in [0.4, 0.5) is 11.4 Å². The number of nitrogens with zero attached hydrogens (tertiary/aromatic N) is 2. The van der Waals surface area contributed by atoms with E-state index in [1.807, 2.05) is 45.0 Å². The molecule has 0 saturated carbocycles. The summed E-state index contributed by atoms with van der Waals surface area (Å²) in [5, 5.41) is 11.6. The largest absolute Gasteiger partial charge is 0.325 e. The zero-order valence-corrected chi connectivity index (χ0v) is 14.5. The predicted octanol–water partition coefficient (Wildman–Crippen LogP) is 3.13. The maximum absolute atomic E-state index is 12.8. The van der Waals surface area contributed by atoms with Gasteiger partial charge in [-0.25, -0.2) is 0 Å². The van der Waals surface area contributed by atoms with Gasteiger partial charge in [-0.2, -0.15) is 5.26 Å². The van der Waals surface area contributed by atoms with E-state index in [2.05, 4.69) is 5.32 Å². The lowest BCUT2D eigenvalue weighted by Crippen LogP contribution is -2.40. The summed E-state index contributed by atoms with van der Waals surface area (Å²) in [4.78, 5) is 26.7. The number of anilines is 2. The SMILES string of the molecule is Cc1ccc2c(c1)C(C)(C)C(=O)N2CC(=O)Nc1ccc(C#N)cc1.